The van der Waals surface area contributed by atoms with Gasteiger partial charge in [-0.2, -0.15) is 0 Å². The van der Waals surface area contributed by atoms with Crippen LogP contribution in [0.5, 0.6) is 5.75 Å². The number of aromatic nitrogens is 2. The van der Waals surface area contributed by atoms with E-state index in [1.165, 1.54) is 0 Å². The van der Waals surface area contributed by atoms with Crippen molar-refractivity contribution >= 4 is 17.2 Å². The highest BCUT2D eigenvalue weighted by Gasteiger charge is 2.02. The van der Waals surface area contributed by atoms with Crippen LogP contribution in [0.2, 0.25) is 0 Å². The first-order valence-electron chi connectivity index (χ1n) is 6.69. The molecule has 106 valence electrons. The van der Waals surface area contributed by atoms with Crippen LogP contribution in [0, 0.1) is 0 Å². The van der Waals surface area contributed by atoms with E-state index in [9.17, 15) is 0 Å². The van der Waals surface area contributed by atoms with Crippen LogP contribution in [0.25, 0.3) is 10.6 Å². The standard InChI is InChI=1S/C16H15N3OS/c1-2-5-13(6-3-1)20-9-8-17-16-11-14(18-12-19-16)15-7-4-10-21-15/h1-7,10-12H,8-9H2,(H,17,18,19). The molecule has 0 bridgehead atoms. The Morgan fingerprint density at radius 2 is 1.95 bits per heavy atom. The number of nitrogens with one attached hydrogen (secondary N) is 1. The van der Waals surface area contributed by atoms with Gasteiger partial charge in [-0.1, -0.05) is 24.3 Å². The molecule has 0 spiro atoms. The van der Waals surface area contributed by atoms with Crippen LogP contribution in [0.3, 0.4) is 0 Å². The summed E-state index contributed by atoms with van der Waals surface area (Å²) in [7, 11) is 0. The molecule has 2 heterocycles. The summed E-state index contributed by atoms with van der Waals surface area (Å²) in [6.45, 7) is 1.28. The van der Waals surface area contributed by atoms with E-state index < -0.39 is 0 Å². The lowest BCUT2D eigenvalue weighted by Crippen LogP contribution is -2.12. The summed E-state index contributed by atoms with van der Waals surface area (Å²) in [6, 6.07) is 15.8. The molecule has 0 unspecified atom stereocenters. The van der Waals surface area contributed by atoms with Crippen molar-refractivity contribution in [2.24, 2.45) is 0 Å². The third kappa shape index (κ3) is 3.79. The third-order valence-corrected chi connectivity index (χ3v) is 3.75. The monoisotopic (exact) mass is 297 g/mol. The molecule has 1 N–H and O–H groups in total. The number of hydrogen-bond donors (Lipinski definition) is 1. The summed E-state index contributed by atoms with van der Waals surface area (Å²) < 4.78 is 5.63. The van der Waals surface area contributed by atoms with Crippen LogP contribution in [0.1, 0.15) is 0 Å². The Kier molecular flexibility index (Phi) is 4.43. The second-order valence-electron chi connectivity index (χ2n) is 4.35. The van der Waals surface area contributed by atoms with E-state index in [2.05, 4.69) is 21.4 Å². The van der Waals surface area contributed by atoms with Gasteiger partial charge in [0.2, 0.25) is 0 Å². The van der Waals surface area contributed by atoms with E-state index in [0.717, 1.165) is 22.1 Å². The SMILES string of the molecule is c1ccc(OCCNc2cc(-c3cccs3)ncn2)cc1. The van der Waals surface area contributed by atoms with E-state index >= 15 is 0 Å². The fourth-order valence-corrected chi connectivity index (χ4v) is 2.57. The second kappa shape index (κ2) is 6.85. The summed E-state index contributed by atoms with van der Waals surface area (Å²) in [6.07, 6.45) is 1.58. The molecule has 2 aromatic heterocycles. The van der Waals surface area contributed by atoms with E-state index in [1.807, 2.05) is 47.8 Å². The summed E-state index contributed by atoms with van der Waals surface area (Å²) in [4.78, 5) is 9.65. The number of benzene rings is 1. The number of ether oxygens (including phenoxy) is 1. The summed E-state index contributed by atoms with van der Waals surface area (Å²) in [5.41, 5.74) is 0.937. The Balaban J connectivity index is 1.53. The van der Waals surface area contributed by atoms with Gasteiger partial charge in [0.05, 0.1) is 17.1 Å². The topological polar surface area (TPSA) is 47.0 Å². The maximum absolute atomic E-state index is 5.63. The highest BCUT2D eigenvalue weighted by Crippen LogP contribution is 2.23. The molecule has 4 nitrogen and oxygen atoms in total. The van der Waals surface area contributed by atoms with Crippen LogP contribution in [-0.2, 0) is 0 Å². The zero-order chi connectivity index (χ0) is 14.3. The molecule has 0 fully saturated rings. The Hall–Kier alpha value is -2.40. The largest absolute Gasteiger partial charge is 0.492 e. The van der Waals surface area contributed by atoms with Crippen molar-refractivity contribution in [3.63, 3.8) is 0 Å². The molecule has 0 saturated heterocycles. The highest BCUT2D eigenvalue weighted by atomic mass is 32.1. The third-order valence-electron chi connectivity index (χ3n) is 2.86. The fraction of sp³-hybridized carbons (Fsp3) is 0.125. The average molecular weight is 297 g/mol. The second-order valence-corrected chi connectivity index (χ2v) is 5.30. The zero-order valence-corrected chi connectivity index (χ0v) is 12.2. The fourth-order valence-electron chi connectivity index (χ4n) is 1.88. The van der Waals surface area contributed by atoms with Crippen LogP contribution in [0.15, 0.2) is 60.2 Å². The number of rotatable bonds is 6. The number of hydrogen-bond acceptors (Lipinski definition) is 5. The molecule has 3 rings (SSSR count). The summed E-state index contributed by atoms with van der Waals surface area (Å²) in [5.74, 6) is 1.69. The van der Waals surface area contributed by atoms with E-state index in [0.29, 0.717) is 13.2 Å². The molecule has 5 heteroatoms. The van der Waals surface area contributed by atoms with E-state index in [1.54, 1.807) is 17.7 Å². The summed E-state index contributed by atoms with van der Waals surface area (Å²) >= 11 is 1.67. The molecule has 0 radical (unpaired) electrons. The van der Waals surface area contributed by atoms with Gasteiger partial charge in [-0.05, 0) is 23.6 Å². The Morgan fingerprint density at radius 1 is 1.05 bits per heavy atom. The predicted octanol–water partition coefficient (Wildman–Crippen LogP) is 3.70. The van der Waals surface area contributed by atoms with Crippen LogP contribution >= 0.6 is 11.3 Å². The molecule has 1 aromatic carbocycles. The minimum absolute atomic E-state index is 0.586. The van der Waals surface area contributed by atoms with Crippen LogP contribution in [-0.4, -0.2) is 23.1 Å². The molecule has 0 aliphatic rings. The highest BCUT2D eigenvalue weighted by molar-refractivity contribution is 7.13. The zero-order valence-electron chi connectivity index (χ0n) is 11.4. The van der Waals surface area contributed by atoms with Crippen molar-refractivity contribution in [1.82, 2.24) is 9.97 Å². The lowest BCUT2D eigenvalue weighted by Gasteiger charge is -2.08. The minimum Gasteiger partial charge on any atom is -0.492 e. The number of nitrogens with zero attached hydrogens (tertiary/aromatic N) is 2. The van der Waals surface area contributed by atoms with Crippen molar-refractivity contribution in [3.05, 3.63) is 60.2 Å². The van der Waals surface area contributed by atoms with Crippen LogP contribution in [0.4, 0.5) is 5.82 Å². The smallest absolute Gasteiger partial charge is 0.130 e. The van der Waals surface area contributed by atoms with Gasteiger partial charge >= 0.3 is 0 Å². The maximum atomic E-state index is 5.63. The molecule has 0 aliphatic carbocycles. The normalized spacial score (nSPS) is 10.3. The number of thiophene rings is 1. The van der Waals surface area contributed by atoms with Gasteiger partial charge in [0, 0.05) is 6.07 Å². The number of para-hydroxylation sites is 1. The van der Waals surface area contributed by atoms with Gasteiger partial charge in [0.25, 0.3) is 0 Å². The van der Waals surface area contributed by atoms with Gasteiger partial charge in [-0.25, -0.2) is 9.97 Å². The molecule has 0 amide bonds. The molecule has 0 aliphatic heterocycles. The predicted molar refractivity (Wildman–Crippen MR) is 85.8 cm³/mol. The first kappa shape index (κ1) is 13.6. The van der Waals surface area contributed by atoms with Gasteiger partial charge in [0.15, 0.2) is 0 Å². The van der Waals surface area contributed by atoms with Crippen molar-refractivity contribution in [2.45, 2.75) is 0 Å². The minimum atomic E-state index is 0.586. The molecular weight excluding hydrogens is 282 g/mol. The van der Waals surface area contributed by atoms with Crippen molar-refractivity contribution in [3.8, 4) is 16.3 Å². The molecule has 0 atom stereocenters. The maximum Gasteiger partial charge on any atom is 0.130 e. The molecule has 0 saturated carbocycles. The van der Waals surface area contributed by atoms with Crippen molar-refractivity contribution in [1.29, 1.82) is 0 Å². The lowest BCUT2D eigenvalue weighted by atomic mass is 10.3. The number of anilines is 1. The van der Waals surface area contributed by atoms with Gasteiger partial charge in [-0.15, -0.1) is 11.3 Å². The lowest BCUT2D eigenvalue weighted by molar-refractivity contribution is 0.333. The first-order chi connectivity index (χ1) is 10.4. The van der Waals surface area contributed by atoms with Gasteiger partial charge in [0.1, 0.15) is 24.5 Å². The molecule has 21 heavy (non-hydrogen) atoms. The molecule has 3 aromatic rings. The van der Waals surface area contributed by atoms with Gasteiger partial charge in [-0.3, -0.25) is 0 Å². The quantitative estimate of drug-likeness (QED) is 0.705. The Labute approximate surface area is 127 Å². The molecular formula is C16H15N3OS. The Bertz CT molecular complexity index is 671. The van der Waals surface area contributed by atoms with E-state index in [4.69, 9.17) is 4.74 Å². The van der Waals surface area contributed by atoms with Crippen LogP contribution < -0.4 is 10.1 Å². The van der Waals surface area contributed by atoms with Crippen molar-refractivity contribution in [2.75, 3.05) is 18.5 Å². The Morgan fingerprint density at radius 3 is 2.76 bits per heavy atom. The van der Waals surface area contributed by atoms with Gasteiger partial charge < -0.3 is 10.1 Å². The first-order valence-corrected chi connectivity index (χ1v) is 7.57. The van der Waals surface area contributed by atoms with E-state index in [-0.39, 0.29) is 0 Å². The average Bonchev–Trinajstić information content (AvgIpc) is 3.07. The van der Waals surface area contributed by atoms with Crippen molar-refractivity contribution < 1.29 is 4.74 Å². The summed E-state index contributed by atoms with van der Waals surface area (Å²) in [5, 5.41) is 5.29.